The third-order valence-corrected chi connectivity index (χ3v) is 7.24. The quantitative estimate of drug-likeness (QED) is 0.562. The van der Waals surface area contributed by atoms with Crippen LogP contribution in [-0.2, 0) is 24.2 Å². The zero-order chi connectivity index (χ0) is 24.2. The van der Waals surface area contributed by atoms with Crippen molar-refractivity contribution in [3.63, 3.8) is 0 Å². The highest BCUT2D eigenvalue weighted by molar-refractivity contribution is 5.82. The van der Waals surface area contributed by atoms with Crippen LogP contribution in [0.25, 0.3) is 0 Å². The molecule has 2 heterocycles. The number of nitrogens with zero attached hydrogens (tertiary/aromatic N) is 2. The van der Waals surface area contributed by atoms with Gasteiger partial charge in [-0.25, -0.2) is 4.39 Å². The largest absolute Gasteiger partial charge is 0.497 e. The summed E-state index contributed by atoms with van der Waals surface area (Å²) in [6.07, 6.45) is 1.53. The van der Waals surface area contributed by atoms with Crippen molar-refractivity contribution in [2.24, 2.45) is 5.92 Å². The average Bonchev–Trinajstić information content (AvgIpc) is 2.89. The number of fused-ring (bicyclic) bond motifs is 3. The van der Waals surface area contributed by atoms with Crippen LogP contribution in [0.5, 0.6) is 5.75 Å². The number of benzene rings is 3. The van der Waals surface area contributed by atoms with Gasteiger partial charge in [0.25, 0.3) is 0 Å². The molecule has 0 aliphatic carbocycles. The van der Waals surface area contributed by atoms with Crippen molar-refractivity contribution in [1.82, 2.24) is 10.2 Å². The second kappa shape index (κ2) is 10.5. The van der Waals surface area contributed by atoms with E-state index < -0.39 is 0 Å². The monoisotopic (exact) mass is 473 g/mol. The van der Waals surface area contributed by atoms with Gasteiger partial charge in [0.1, 0.15) is 11.6 Å². The molecule has 3 aromatic carbocycles. The zero-order valence-electron chi connectivity index (χ0n) is 20.1. The molecule has 0 spiro atoms. The summed E-state index contributed by atoms with van der Waals surface area (Å²) in [5.74, 6) is 0.624. The van der Waals surface area contributed by atoms with Gasteiger partial charge in [0.15, 0.2) is 0 Å². The van der Waals surface area contributed by atoms with E-state index in [4.69, 9.17) is 4.74 Å². The highest BCUT2D eigenvalue weighted by Gasteiger charge is 2.41. The van der Waals surface area contributed by atoms with E-state index >= 15 is 0 Å². The smallest absolute Gasteiger partial charge is 0.225 e. The Kier molecular flexibility index (Phi) is 7.00. The molecule has 1 fully saturated rings. The molecule has 5 rings (SSSR count). The SMILES string of the molecule is COc1ccc(CCNC(=O)[C@H]2Cc3ccccc3N3CCN(Cc4ccc(F)cc4)C[C@@H]23)cc1. The fourth-order valence-corrected chi connectivity index (χ4v) is 5.36. The number of hydrogen-bond acceptors (Lipinski definition) is 4. The summed E-state index contributed by atoms with van der Waals surface area (Å²) in [6, 6.07) is 23.3. The van der Waals surface area contributed by atoms with E-state index in [1.165, 1.54) is 28.9 Å². The van der Waals surface area contributed by atoms with Crippen molar-refractivity contribution in [3.8, 4) is 5.75 Å². The van der Waals surface area contributed by atoms with Gasteiger partial charge >= 0.3 is 0 Å². The first kappa shape index (κ1) is 23.4. The Bertz CT molecular complexity index is 1150. The van der Waals surface area contributed by atoms with Crippen LogP contribution >= 0.6 is 0 Å². The van der Waals surface area contributed by atoms with Crippen molar-refractivity contribution >= 4 is 11.6 Å². The van der Waals surface area contributed by atoms with Crippen LogP contribution < -0.4 is 15.0 Å². The van der Waals surface area contributed by atoms with Crippen LogP contribution in [0.2, 0.25) is 0 Å². The minimum Gasteiger partial charge on any atom is -0.497 e. The van der Waals surface area contributed by atoms with Gasteiger partial charge < -0.3 is 15.0 Å². The Morgan fingerprint density at radius 1 is 1.00 bits per heavy atom. The number of piperazine rings is 1. The van der Waals surface area contributed by atoms with Crippen molar-refractivity contribution in [1.29, 1.82) is 0 Å². The van der Waals surface area contributed by atoms with Crippen LogP contribution in [0.4, 0.5) is 10.1 Å². The summed E-state index contributed by atoms with van der Waals surface area (Å²) in [7, 11) is 1.66. The molecule has 2 atom stereocenters. The van der Waals surface area contributed by atoms with E-state index in [1.807, 2.05) is 36.4 Å². The first-order valence-electron chi connectivity index (χ1n) is 12.3. The second-order valence-electron chi connectivity index (χ2n) is 9.45. The third kappa shape index (κ3) is 5.33. The fourth-order valence-electron chi connectivity index (χ4n) is 5.36. The predicted molar refractivity (Wildman–Crippen MR) is 136 cm³/mol. The van der Waals surface area contributed by atoms with Crippen LogP contribution in [0, 0.1) is 11.7 Å². The van der Waals surface area contributed by atoms with E-state index in [9.17, 15) is 9.18 Å². The van der Waals surface area contributed by atoms with Gasteiger partial charge in [-0.1, -0.05) is 42.5 Å². The molecule has 6 heteroatoms. The summed E-state index contributed by atoms with van der Waals surface area (Å²) in [5, 5.41) is 3.21. The van der Waals surface area contributed by atoms with E-state index in [-0.39, 0.29) is 23.7 Å². The number of anilines is 1. The van der Waals surface area contributed by atoms with Crippen molar-refractivity contribution < 1.29 is 13.9 Å². The maximum absolute atomic E-state index is 13.4. The molecule has 5 nitrogen and oxygen atoms in total. The van der Waals surface area contributed by atoms with Gasteiger partial charge in [-0.2, -0.15) is 0 Å². The molecule has 0 aromatic heterocycles. The molecule has 1 amide bonds. The lowest BCUT2D eigenvalue weighted by atomic mass is 9.83. The van der Waals surface area contributed by atoms with Gasteiger partial charge in [-0.05, 0) is 59.9 Å². The van der Waals surface area contributed by atoms with Crippen LogP contribution in [-0.4, -0.2) is 50.1 Å². The average molecular weight is 474 g/mol. The molecule has 0 unspecified atom stereocenters. The molecular weight excluding hydrogens is 441 g/mol. The number of methoxy groups -OCH3 is 1. The van der Waals surface area contributed by atoms with Crippen LogP contribution in [0.1, 0.15) is 16.7 Å². The highest BCUT2D eigenvalue weighted by Crippen LogP contribution is 2.36. The molecule has 35 heavy (non-hydrogen) atoms. The summed E-state index contributed by atoms with van der Waals surface area (Å²) < 4.78 is 18.6. The minimum atomic E-state index is -0.214. The van der Waals surface area contributed by atoms with E-state index in [0.717, 1.165) is 50.3 Å². The normalized spacial score (nSPS) is 19.5. The van der Waals surface area contributed by atoms with Crippen molar-refractivity contribution in [3.05, 3.63) is 95.3 Å². The lowest BCUT2D eigenvalue weighted by molar-refractivity contribution is -0.126. The number of halogens is 1. The van der Waals surface area contributed by atoms with E-state index in [2.05, 4.69) is 39.4 Å². The summed E-state index contributed by atoms with van der Waals surface area (Å²) >= 11 is 0. The Morgan fingerprint density at radius 3 is 2.51 bits per heavy atom. The van der Waals surface area contributed by atoms with Gasteiger partial charge in [0.2, 0.25) is 5.91 Å². The maximum Gasteiger partial charge on any atom is 0.225 e. The first-order valence-corrected chi connectivity index (χ1v) is 12.3. The Labute approximate surface area is 206 Å². The lowest BCUT2D eigenvalue weighted by Crippen LogP contribution is -2.61. The molecular formula is C29H32FN3O2. The Morgan fingerprint density at radius 2 is 1.74 bits per heavy atom. The standard InChI is InChI=1S/C29H32FN3O2/c1-35-25-12-8-21(9-13-25)14-15-31-29(34)26-18-23-4-2-3-5-27(23)33-17-16-32(20-28(26)33)19-22-6-10-24(30)11-7-22/h2-13,26,28H,14-20H2,1H3,(H,31,34)/t26-,28-/m0/s1. The molecule has 2 aliphatic rings. The highest BCUT2D eigenvalue weighted by atomic mass is 19.1. The topological polar surface area (TPSA) is 44.8 Å². The predicted octanol–water partition coefficient (Wildman–Crippen LogP) is 4.06. The number of amides is 1. The lowest BCUT2D eigenvalue weighted by Gasteiger charge is -2.49. The maximum atomic E-state index is 13.4. The van der Waals surface area contributed by atoms with E-state index in [1.54, 1.807) is 7.11 Å². The van der Waals surface area contributed by atoms with Gasteiger partial charge in [0.05, 0.1) is 19.1 Å². The first-order chi connectivity index (χ1) is 17.1. The molecule has 2 aliphatic heterocycles. The molecule has 0 bridgehead atoms. The second-order valence-corrected chi connectivity index (χ2v) is 9.45. The van der Waals surface area contributed by atoms with Gasteiger partial charge in [-0.3, -0.25) is 9.69 Å². The molecule has 1 saturated heterocycles. The number of para-hydroxylation sites is 1. The number of ether oxygens (including phenoxy) is 1. The Balaban J connectivity index is 1.27. The Hall–Kier alpha value is -3.38. The fraction of sp³-hybridized carbons (Fsp3) is 0.345. The number of hydrogen-bond donors (Lipinski definition) is 1. The molecule has 182 valence electrons. The molecule has 0 saturated carbocycles. The number of nitrogens with one attached hydrogen (secondary N) is 1. The van der Waals surface area contributed by atoms with Crippen molar-refractivity contribution in [2.45, 2.75) is 25.4 Å². The van der Waals surface area contributed by atoms with Crippen LogP contribution in [0.3, 0.4) is 0 Å². The number of carbonyl (C=O) groups is 1. The number of rotatable bonds is 7. The third-order valence-electron chi connectivity index (χ3n) is 7.24. The summed E-state index contributed by atoms with van der Waals surface area (Å²) in [5.41, 5.74) is 4.76. The number of carbonyl (C=O) groups excluding carboxylic acids is 1. The molecule has 3 aromatic rings. The van der Waals surface area contributed by atoms with Crippen LogP contribution in [0.15, 0.2) is 72.8 Å². The molecule has 1 N–H and O–H groups in total. The van der Waals surface area contributed by atoms with Gasteiger partial charge in [-0.15, -0.1) is 0 Å². The van der Waals surface area contributed by atoms with Crippen molar-refractivity contribution in [2.75, 3.05) is 38.2 Å². The van der Waals surface area contributed by atoms with E-state index in [0.29, 0.717) is 6.54 Å². The summed E-state index contributed by atoms with van der Waals surface area (Å²) in [6.45, 7) is 3.96. The molecule has 0 radical (unpaired) electrons. The minimum absolute atomic E-state index is 0.111. The summed E-state index contributed by atoms with van der Waals surface area (Å²) in [4.78, 5) is 18.3. The zero-order valence-corrected chi connectivity index (χ0v) is 20.1. The van der Waals surface area contributed by atoms with Gasteiger partial charge in [0, 0.05) is 38.4 Å².